The molecule has 0 heteroatoms. The molecule has 0 atom stereocenters. The van der Waals surface area contributed by atoms with Crippen LogP contribution in [0.3, 0.4) is 0 Å². The third-order valence-corrected chi connectivity index (χ3v) is 10.3. The van der Waals surface area contributed by atoms with E-state index in [1.165, 1.54) is 82.4 Å². The lowest BCUT2D eigenvalue weighted by Crippen LogP contribution is -1.88. The molecule has 53 heavy (non-hydrogen) atoms. The Morgan fingerprint density at radius 3 is 1.15 bits per heavy atom. The van der Waals surface area contributed by atoms with Gasteiger partial charge in [-0.2, -0.15) is 0 Å². The maximum atomic E-state index is 4.01. The van der Waals surface area contributed by atoms with Gasteiger partial charge < -0.3 is 0 Å². The van der Waals surface area contributed by atoms with E-state index < -0.39 is 0 Å². The fourth-order valence-electron chi connectivity index (χ4n) is 7.64. The Morgan fingerprint density at radius 1 is 0.358 bits per heavy atom. The van der Waals surface area contributed by atoms with Gasteiger partial charge in [0, 0.05) is 0 Å². The maximum Gasteiger partial charge on any atom is -0.00926 e. The molecule has 0 aliphatic carbocycles. The molecule has 0 heterocycles. The van der Waals surface area contributed by atoms with Crippen LogP contribution in [0, 0.1) is 0 Å². The van der Waals surface area contributed by atoms with E-state index in [1.807, 2.05) is 18.2 Å². The summed E-state index contributed by atoms with van der Waals surface area (Å²) in [4.78, 5) is 0. The summed E-state index contributed by atoms with van der Waals surface area (Å²) in [5.74, 6) is 0. The molecule has 8 rings (SSSR count). The SMILES string of the molecule is C=C/C=C(\C=C)c1cccc(-c2cccc(-c3ccc4c5ccccc5c5ccc(-c6cccc(-c7cccc(/C(C=C)=C/C)c7)c6)cc5c4c3)c2)c1. The normalized spacial score (nSPS) is 11.9. The van der Waals surface area contributed by atoms with Gasteiger partial charge in [-0.3, -0.25) is 0 Å². The number of rotatable bonds is 9. The molecule has 0 bridgehead atoms. The van der Waals surface area contributed by atoms with Crippen LogP contribution in [0.1, 0.15) is 18.1 Å². The molecule has 0 amide bonds. The highest BCUT2D eigenvalue weighted by molar-refractivity contribution is 6.26. The zero-order valence-corrected chi connectivity index (χ0v) is 30.0. The average Bonchev–Trinajstić information content (AvgIpc) is 3.23. The van der Waals surface area contributed by atoms with Crippen molar-refractivity contribution in [2.75, 3.05) is 0 Å². The van der Waals surface area contributed by atoms with Crippen molar-refractivity contribution in [2.45, 2.75) is 6.92 Å². The lowest BCUT2D eigenvalue weighted by atomic mass is 9.89. The highest BCUT2D eigenvalue weighted by Gasteiger charge is 2.13. The molecule has 0 saturated carbocycles. The van der Waals surface area contributed by atoms with Crippen molar-refractivity contribution in [1.29, 1.82) is 0 Å². The second kappa shape index (κ2) is 14.5. The van der Waals surface area contributed by atoms with Gasteiger partial charge in [-0.15, -0.1) is 0 Å². The summed E-state index contributed by atoms with van der Waals surface area (Å²) < 4.78 is 0. The number of allylic oxidation sites excluding steroid dienone is 7. The van der Waals surface area contributed by atoms with Crippen LogP contribution in [0.2, 0.25) is 0 Å². The highest BCUT2D eigenvalue weighted by atomic mass is 14.2. The molecule has 0 fully saturated rings. The molecule has 0 saturated heterocycles. The molecule has 0 N–H and O–H groups in total. The van der Waals surface area contributed by atoms with Gasteiger partial charge in [0.05, 0.1) is 0 Å². The monoisotopic (exact) mass is 676 g/mol. The van der Waals surface area contributed by atoms with E-state index >= 15 is 0 Å². The number of hydrogen-bond acceptors (Lipinski definition) is 0. The van der Waals surface area contributed by atoms with Gasteiger partial charge in [0.15, 0.2) is 0 Å². The first-order valence-electron chi connectivity index (χ1n) is 18.1. The van der Waals surface area contributed by atoms with Crippen molar-refractivity contribution in [3.8, 4) is 44.5 Å². The van der Waals surface area contributed by atoms with Crippen molar-refractivity contribution >= 4 is 43.5 Å². The van der Waals surface area contributed by atoms with Gasteiger partial charge in [-0.05, 0) is 142 Å². The first kappa shape index (κ1) is 33.4. The van der Waals surface area contributed by atoms with E-state index in [2.05, 4.69) is 190 Å². The molecule has 0 aromatic heterocycles. The summed E-state index contributed by atoms with van der Waals surface area (Å²) in [5, 5.41) is 7.57. The summed E-state index contributed by atoms with van der Waals surface area (Å²) in [6.07, 6.45) is 9.71. The van der Waals surface area contributed by atoms with Crippen LogP contribution in [0.25, 0.3) is 88.0 Å². The molecule has 0 unspecified atom stereocenters. The summed E-state index contributed by atoms with van der Waals surface area (Å²) >= 11 is 0. The lowest BCUT2D eigenvalue weighted by Gasteiger charge is -2.14. The summed E-state index contributed by atoms with van der Waals surface area (Å²) in [6, 6.07) is 57.8. The first-order valence-corrected chi connectivity index (χ1v) is 18.1. The second-order valence-electron chi connectivity index (χ2n) is 13.4. The Hall–Kier alpha value is -6.76. The van der Waals surface area contributed by atoms with Gasteiger partial charge in [-0.25, -0.2) is 0 Å². The van der Waals surface area contributed by atoms with Gasteiger partial charge in [0.25, 0.3) is 0 Å². The molecular formula is C53H40. The Bertz CT molecular complexity index is 2780. The molecule has 8 aromatic carbocycles. The molecule has 8 aromatic rings. The molecule has 0 spiro atoms. The number of fused-ring (bicyclic) bond motifs is 6. The van der Waals surface area contributed by atoms with Crippen LogP contribution in [0.15, 0.2) is 208 Å². The molecule has 0 aliphatic rings. The fraction of sp³-hybridized carbons (Fsp3) is 0.0189. The van der Waals surface area contributed by atoms with Crippen molar-refractivity contribution in [1.82, 2.24) is 0 Å². The predicted molar refractivity (Wildman–Crippen MR) is 233 cm³/mol. The largest absolute Gasteiger partial charge is 0.0990 e. The summed E-state index contributed by atoms with van der Waals surface area (Å²) in [7, 11) is 0. The van der Waals surface area contributed by atoms with E-state index in [1.54, 1.807) is 6.08 Å². The van der Waals surface area contributed by atoms with E-state index in [4.69, 9.17) is 0 Å². The Balaban J connectivity index is 1.25. The van der Waals surface area contributed by atoms with Crippen molar-refractivity contribution in [3.05, 3.63) is 219 Å². The zero-order valence-electron chi connectivity index (χ0n) is 30.0. The average molecular weight is 677 g/mol. The first-order chi connectivity index (χ1) is 26.1. The van der Waals surface area contributed by atoms with E-state index in [0.717, 1.165) is 16.7 Å². The van der Waals surface area contributed by atoms with Crippen LogP contribution in [-0.4, -0.2) is 0 Å². The topological polar surface area (TPSA) is 0 Å². The lowest BCUT2D eigenvalue weighted by molar-refractivity contribution is 1.56. The van der Waals surface area contributed by atoms with E-state index in [-0.39, 0.29) is 0 Å². The van der Waals surface area contributed by atoms with Crippen molar-refractivity contribution in [3.63, 3.8) is 0 Å². The van der Waals surface area contributed by atoms with Gasteiger partial charge in [0.1, 0.15) is 0 Å². The molecule has 0 radical (unpaired) electrons. The molecular weight excluding hydrogens is 637 g/mol. The Morgan fingerprint density at radius 2 is 0.736 bits per heavy atom. The number of hydrogen-bond donors (Lipinski definition) is 0. The second-order valence-corrected chi connectivity index (χ2v) is 13.4. The smallest absolute Gasteiger partial charge is 0.00926 e. The highest BCUT2D eigenvalue weighted by Crippen LogP contribution is 2.40. The van der Waals surface area contributed by atoms with Crippen molar-refractivity contribution in [2.24, 2.45) is 0 Å². The molecule has 0 nitrogen and oxygen atoms in total. The standard InChI is InChI=1S/C53H40/c1-5-15-37(8-4)39-17-12-19-41(31-39)43-21-14-23-45(33-43)47-27-29-51-49-25-10-9-24-48(49)50-28-26-46(34-52(50)53(51)35-47)44-22-13-20-42(32-44)40-18-11-16-38(30-40)36(6-2)7-3/h5-35H,1-2,4H2,3H3/b36-7+,37-15+. The van der Waals surface area contributed by atoms with Gasteiger partial charge in [0.2, 0.25) is 0 Å². The summed E-state index contributed by atoms with van der Waals surface area (Å²) in [5.41, 5.74) is 14.0. The molecule has 0 aliphatic heterocycles. The fourth-order valence-corrected chi connectivity index (χ4v) is 7.64. The Labute approximate surface area is 312 Å². The quantitative estimate of drug-likeness (QED) is 0.105. The predicted octanol–water partition coefficient (Wildman–Crippen LogP) is 15.2. The van der Waals surface area contributed by atoms with Crippen LogP contribution < -0.4 is 0 Å². The number of benzene rings is 8. The van der Waals surface area contributed by atoms with Crippen LogP contribution in [0.5, 0.6) is 0 Å². The van der Waals surface area contributed by atoms with E-state index in [0.29, 0.717) is 0 Å². The van der Waals surface area contributed by atoms with Crippen LogP contribution >= 0.6 is 0 Å². The van der Waals surface area contributed by atoms with Crippen molar-refractivity contribution < 1.29 is 0 Å². The molecule has 252 valence electrons. The van der Waals surface area contributed by atoms with Gasteiger partial charge >= 0.3 is 0 Å². The minimum absolute atomic E-state index is 1.05. The minimum atomic E-state index is 1.05. The zero-order chi connectivity index (χ0) is 36.3. The Kier molecular flexibility index (Phi) is 9.11. The maximum absolute atomic E-state index is 4.01. The van der Waals surface area contributed by atoms with E-state index in [9.17, 15) is 0 Å². The minimum Gasteiger partial charge on any atom is -0.0990 e. The van der Waals surface area contributed by atoms with Gasteiger partial charge in [-0.1, -0.05) is 171 Å². The van der Waals surface area contributed by atoms with Crippen LogP contribution in [0.4, 0.5) is 0 Å². The third kappa shape index (κ3) is 6.37. The third-order valence-electron chi connectivity index (χ3n) is 10.3. The summed E-state index contributed by atoms with van der Waals surface area (Å²) in [6.45, 7) is 14.0. The van der Waals surface area contributed by atoms with Crippen LogP contribution in [-0.2, 0) is 0 Å².